The van der Waals surface area contributed by atoms with Gasteiger partial charge in [-0.25, -0.2) is 4.98 Å². The SMILES string of the molecule is CCNC(=NCCc1ccc(C)c(OC)c1)NCCn1ccnc1. The van der Waals surface area contributed by atoms with E-state index in [4.69, 9.17) is 4.74 Å². The fourth-order valence-corrected chi connectivity index (χ4v) is 2.38. The number of nitrogens with zero attached hydrogens (tertiary/aromatic N) is 3. The van der Waals surface area contributed by atoms with Crippen molar-refractivity contribution >= 4 is 5.96 Å². The van der Waals surface area contributed by atoms with Crippen LogP contribution in [0.15, 0.2) is 41.9 Å². The van der Waals surface area contributed by atoms with Crippen LogP contribution in [0.4, 0.5) is 0 Å². The number of nitrogens with one attached hydrogen (secondary N) is 2. The number of hydrogen-bond donors (Lipinski definition) is 2. The third-order valence-corrected chi connectivity index (χ3v) is 3.71. The van der Waals surface area contributed by atoms with Gasteiger partial charge >= 0.3 is 0 Å². The predicted octanol–water partition coefficient (Wildman–Crippen LogP) is 2.00. The van der Waals surface area contributed by atoms with Crippen LogP contribution in [0.2, 0.25) is 0 Å². The van der Waals surface area contributed by atoms with Gasteiger partial charge in [-0.05, 0) is 37.5 Å². The predicted molar refractivity (Wildman–Crippen MR) is 97.6 cm³/mol. The van der Waals surface area contributed by atoms with Gasteiger partial charge in [0.1, 0.15) is 5.75 Å². The van der Waals surface area contributed by atoms with E-state index >= 15 is 0 Å². The molecular formula is C18H27N5O. The lowest BCUT2D eigenvalue weighted by molar-refractivity contribution is 0.411. The lowest BCUT2D eigenvalue weighted by Crippen LogP contribution is -2.39. The summed E-state index contributed by atoms with van der Waals surface area (Å²) in [5.41, 5.74) is 2.38. The summed E-state index contributed by atoms with van der Waals surface area (Å²) in [6, 6.07) is 6.31. The summed E-state index contributed by atoms with van der Waals surface area (Å²) in [6.07, 6.45) is 6.44. The minimum atomic E-state index is 0.729. The zero-order valence-corrected chi connectivity index (χ0v) is 14.7. The van der Waals surface area contributed by atoms with Gasteiger partial charge in [-0.15, -0.1) is 0 Å². The summed E-state index contributed by atoms with van der Waals surface area (Å²) in [6.45, 7) is 7.36. The van der Waals surface area contributed by atoms with Gasteiger partial charge in [0, 0.05) is 38.6 Å². The first-order chi connectivity index (χ1) is 11.7. The first kappa shape index (κ1) is 17.8. The van der Waals surface area contributed by atoms with Crippen molar-refractivity contribution in [3.05, 3.63) is 48.0 Å². The molecule has 130 valence electrons. The van der Waals surface area contributed by atoms with Crippen molar-refractivity contribution in [3.8, 4) is 5.75 Å². The van der Waals surface area contributed by atoms with Crippen LogP contribution in [0.3, 0.4) is 0 Å². The average molecular weight is 329 g/mol. The van der Waals surface area contributed by atoms with Gasteiger partial charge in [0.15, 0.2) is 5.96 Å². The number of rotatable bonds is 8. The lowest BCUT2D eigenvalue weighted by atomic mass is 10.1. The minimum absolute atomic E-state index is 0.729. The Bertz CT molecular complexity index is 637. The Morgan fingerprint density at radius 1 is 1.33 bits per heavy atom. The zero-order valence-electron chi connectivity index (χ0n) is 14.7. The normalized spacial score (nSPS) is 11.4. The van der Waals surface area contributed by atoms with E-state index in [1.54, 1.807) is 13.3 Å². The van der Waals surface area contributed by atoms with Crippen LogP contribution < -0.4 is 15.4 Å². The van der Waals surface area contributed by atoms with E-state index in [-0.39, 0.29) is 0 Å². The van der Waals surface area contributed by atoms with Crippen molar-refractivity contribution in [1.82, 2.24) is 20.2 Å². The first-order valence-corrected chi connectivity index (χ1v) is 8.34. The van der Waals surface area contributed by atoms with Gasteiger partial charge in [0.2, 0.25) is 0 Å². The molecule has 0 aliphatic rings. The molecule has 2 rings (SSSR count). The highest BCUT2D eigenvalue weighted by Crippen LogP contribution is 2.19. The third kappa shape index (κ3) is 5.61. The fraction of sp³-hybridized carbons (Fsp3) is 0.444. The Morgan fingerprint density at radius 3 is 2.92 bits per heavy atom. The molecule has 0 saturated carbocycles. The molecule has 6 nitrogen and oxygen atoms in total. The maximum absolute atomic E-state index is 5.37. The average Bonchev–Trinajstić information content (AvgIpc) is 3.09. The topological polar surface area (TPSA) is 63.5 Å². The number of aliphatic imine (C=N–C) groups is 1. The molecule has 2 N–H and O–H groups in total. The Kier molecular flexibility index (Phi) is 7.14. The minimum Gasteiger partial charge on any atom is -0.496 e. The van der Waals surface area contributed by atoms with Crippen molar-refractivity contribution in [2.24, 2.45) is 4.99 Å². The van der Waals surface area contributed by atoms with E-state index in [0.29, 0.717) is 0 Å². The molecule has 1 aromatic heterocycles. The molecule has 0 bridgehead atoms. The molecule has 0 atom stereocenters. The van der Waals surface area contributed by atoms with Crippen molar-refractivity contribution < 1.29 is 4.74 Å². The summed E-state index contributed by atoms with van der Waals surface area (Å²) < 4.78 is 7.41. The second-order valence-electron chi connectivity index (χ2n) is 5.54. The number of benzene rings is 1. The van der Waals surface area contributed by atoms with Crippen LogP contribution in [0.5, 0.6) is 5.75 Å². The molecule has 1 aromatic carbocycles. The Balaban J connectivity index is 1.83. The third-order valence-electron chi connectivity index (χ3n) is 3.71. The van der Waals surface area contributed by atoms with Crippen molar-refractivity contribution in [1.29, 1.82) is 0 Å². The van der Waals surface area contributed by atoms with Gasteiger partial charge in [-0.2, -0.15) is 0 Å². The number of hydrogen-bond acceptors (Lipinski definition) is 3. The monoisotopic (exact) mass is 329 g/mol. The number of ether oxygens (including phenoxy) is 1. The van der Waals surface area contributed by atoms with Gasteiger partial charge in [-0.1, -0.05) is 12.1 Å². The van der Waals surface area contributed by atoms with Crippen LogP contribution in [0.1, 0.15) is 18.1 Å². The lowest BCUT2D eigenvalue weighted by Gasteiger charge is -2.12. The van der Waals surface area contributed by atoms with E-state index in [9.17, 15) is 0 Å². The Morgan fingerprint density at radius 2 is 2.21 bits per heavy atom. The molecule has 0 spiro atoms. The van der Waals surface area contributed by atoms with Gasteiger partial charge in [0.25, 0.3) is 0 Å². The van der Waals surface area contributed by atoms with Crippen molar-refractivity contribution in [2.45, 2.75) is 26.8 Å². The standard InChI is InChI=1S/C18H27N5O/c1-4-20-18(22-10-12-23-11-9-19-14-23)21-8-7-16-6-5-15(2)17(13-16)24-3/h5-6,9,11,13-14H,4,7-8,10,12H2,1-3H3,(H2,20,21,22). The molecule has 0 aliphatic carbocycles. The number of imidazole rings is 1. The molecule has 0 unspecified atom stereocenters. The molecule has 0 aliphatic heterocycles. The summed E-state index contributed by atoms with van der Waals surface area (Å²) >= 11 is 0. The van der Waals surface area contributed by atoms with E-state index in [2.05, 4.69) is 45.7 Å². The molecule has 0 fully saturated rings. The van der Waals surface area contributed by atoms with Gasteiger partial charge in [0.05, 0.1) is 13.4 Å². The largest absolute Gasteiger partial charge is 0.496 e. The maximum atomic E-state index is 5.37. The highest BCUT2D eigenvalue weighted by molar-refractivity contribution is 5.79. The van der Waals surface area contributed by atoms with Crippen molar-refractivity contribution in [2.75, 3.05) is 26.7 Å². The summed E-state index contributed by atoms with van der Waals surface area (Å²) in [4.78, 5) is 8.67. The second kappa shape index (κ2) is 9.60. The summed E-state index contributed by atoms with van der Waals surface area (Å²) in [7, 11) is 1.71. The van der Waals surface area contributed by atoms with Crippen LogP contribution in [0.25, 0.3) is 0 Å². The molecule has 0 amide bonds. The molecule has 1 heterocycles. The second-order valence-corrected chi connectivity index (χ2v) is 5.54. The Hall–Kier alpha value is -2.50. The van der Waals surface area contributed by atoms with E-state index in [1.165, 1.54) is 5.56 Å². The number of aryl methyl sites for hydroxylation is 1. The number of guanidine groups is 1. The van der Waals surface area contributed by atoms with Gasteiger partial charge < -0.3 is 19.9 Å². The van der Waals surface area contributed by atoms with Crippen LogP contribution in [-0.4, -0.2) is 42.3 Å². The maximum Gasteiger partial charge on any atom is 0.191 e. The molecule has 0 radical (unpaired) electrons. The van der Waals surface area contributed by atoms with E-state index < -0.39 is 0 Å². The molecule has 6 heteroatoms. The van der Waals surface area contributed by atoms with E-state index in [1.807, 2.05) is 24.0 Å². The summed E-state index contributed by atoms with van der Waals surface area (Å²) in [5.74, 6) is 1.78. The fourth-order valence-electron chi connectivity index (χ4n) is 2.38. The van der Waals surface area contributed by atoms with Crippen LogP contribution in [0, 0.1) is 6.92 Å². The zero-order chi connectivity index (χ0) is 17.2. The van der Waals surface area contributed by atoms with Crippen LogP contribution >= 0.6 is 0 Å². The first-order valence-electron chi connectivity index (χ1n) is 8.34. The summed E-state index contributed by atoms with van der Waals surface area (Å²) in [5, 5.41) is 6.61. The molecular weight excluding hydrogens is 302 g/mol. The highest BCUT2D eigenvalue weighted by atomic mass is 16.5. The molecule has 2 aromatic rings. The number of aromatic nitrogens is 2. The molecule has 0 saturated heterocycles. The highest BCUT2D eigenvalue weighted by Gasteiger charge is 2.01. The molecule has 24 heavy (non-hydrogen) atoms. The Labute approximate surface area is 144 Å². The smallest absolute Gasteiger partial charge is 0.191 e. The quantitative estimate of drug-likeness (QED) is 0.574. The van der Waals surface area contributed by atoms with Crippen molar-refractivity contribution in [3.63, 3.8) is 0 Å². The van der Waals surface area contributed by atoms with Gasteiger partial charge in [-0.3, -0.25) is 4.99 Å². The van der Waals surface area contributed by atoms with E-state index in [0.717, 1.165) is 49.9 Å². The van der Waals surface area contributed by atoms with Crippen LogP contribution in [-0.2, 0) is 13.0 Å². The number of methoxy groups -OCH3 is 1.